The van der Waals surface area contributed by atoms with Gasteiger partial charge in [-0.1, -0.05) is 37.8 Å². The molecule has 2 atom stereocenters. The number of carboxylic acid groups (broad SMARTS) is 1. The van der Waals surface area contributed by atoms with Crippen LogP contribution < -0.4 is 4.74 Å². The maximum atomic E-state index is 11.9. The SMILES string of the molecule is CCC(C)OC(=O)C(CCCCCCOc1ccc(Cl)cc1)C(=O)O. The van der Waals surface area contributed by atoms with Crippen molar-refractivity contribution in [2.75, 3.05) is 6.61 Å². The van der Waals surface area contributed by atoms with Crippen molar-refractivity contribution in [2.24, 2.45) is 5.92 Å². The number of carbonyl (C=O) groups excluding carboxylic acids is 1. The quantitative estimate of drug-likeness (QED) is 0.327. The van der Waals surface area contributed by atoms with Gasteiger partial charge < -0.3 is 14.6 Å². The van der Waals surface area contributed by atoms with Gasteiger partial charge in [0.25, 0.3) is 0 Å². The van der Waals surface area contributed by atoms with Crippen molar-refractivity contribution in [1.29, 1.82) is 0 Å². The van der Waals surface area contributed by atoms with Crippen molar-refractivity contribution in [1.82, 2.24) is 0 Å². The zero-order chi connectivity index (χ0) is 18.7. The Morgan fingerprint density at radius 1 is 1.12 bits per heavy atom. The number of hydrogen-bond donors (Lipinski definition) is 1. The summed E-state index contributed by atoms with van der Waals surface area (Å²) in [7, 11) is 0. The van der Waals surface area contributed by atoms with Gasteiger partial charge in [-0.25, -0.2) is 0 Å². The highest BCUT2D eigenvalue weighted by atomic mass is 35.5. The molecule has 140 valence electrons. The number of hydrogen-bond acceptors (Lipinski definition) is 4. The number of rotatable bonds is 12. The summed E-state index contributed by atoms with van der Waals surface area (Å²) >= 11 is 5.81. The molecule has 0 spiro atoms. The summed E-state index contributed by atoms with van der Waals surface area (Å²) in [6.07, 6.45) is 4.05. The van der Waals surface area contributed by atoms with E-state index in [0.29, 0.717) is 30.9 Å². The zero-order valence-corrected chi connectivity index (χ0v) is 15.6. The molecule has 1 aromatic carbocycles. The van der Waals surface area contributed by atoms with Crippen molar-refractivity contribution in [2.45, 2.75) is 58.5 Å². The molecule has 0 aliphatic rings. The number of unbranched alkanes of at least 4 members (excludes halogenated alkanes) is 3. The van der Waals surface area contributed by atoms with E-state index in [-0.39, 0.29) is 6.10 Å². The van der Waals surface area contributed by atoms with Gasteiger partial charge in [0.15, 0.2) is 5.92 Å². The van der Waals surface area contributed by atoms with E-state index in [1.807, 2.05) is 19.1 Å². The van der Waals surface area contributed by atoms with E-state index < -0.39 is 17.9 Å². The van der Waals surface area contributed by atoms with Crippen LogP contribution in [0.5, 0.6) is 5.75 Å². The number of halogens is 1. The van der Waals surface area contributed by atoms with E-state index in [9.17, 15) is 14.7 Å². The summed E-state index contributed by atoms with van der Waals surface area (Å²) in [6, 6.07) is 7.20. The van der Waals surface area contributed by atoms with Crippen molar-refractivity contribution in [3.8, 4) is 5.75 Å². The molecule has 6 heteroatoms. The Kier molecular flexibility index (Phi) is 10.0. The first-order chi connectivity index (χ1) is 11.9. The molecular weight excluding hydrogens is 344 g/mol. The third kappa shape index (κ3) is 8.77. The summed E-state index contributed by atoms with van der Waals surface area (Å²) in [4.78, 5) is 23.1. The summed E-state index contributed by atoms with van der Waals surface area (Å²) < 4.78 is 10.7. The highest BCUT2D eigenvalue weighted by Crippen LogP contribution is 2.17. The van der Waals surface area contributed by atoms with Crippen molar-refractivity contribution in [3.63, 3.8) is 0 Å². The van der Waals surface area contributed by atoms with Gasteiger partial charge in [0.05, 0.1) is 12.7 Å². The number of aliphatic carboxylic acids is 1. The number of esters is 1. The lowest BCUT2D eigenvalue weighted by atomic mass is 10.0. The van der Waals surface area contributed by atoms with Crippen LogP contribution in [0, 0.1) is 5.92 Å². The Morgan fingerprint density at radius 3 is 2.36 bits per heavy atom. The number of ether oxygens (including phenoxy) is 2. The Morgan fingerprint density at radius 2 is 1.76 bits per heavy atom. The zero-order valence-electron chi connectivity index (χ0n) is 14.9. The van der Waals surface area contributed by atoms with Crippen LogP contribution in [0.3, 0.4) is 0 Å². The molecule has 0 aromatic heterocycles. The van der Waals surface area contributed by atoms with Gasteiger partial charge in [-0.05, 0) is 50.5 Å². The number of benzene rings is 1. The Bertz CT molecular complexity index is 529. The van der Waals surface area contributed by atoms with Gasteiger partial charge in [0.2, 0.25) is 0 Å². The molecule has 0 fully saturated rings. The minimum absolute atomic E-state index is 0.251. The average molecular weight is 371 g/mol. The van der Waals surface area contributed by atoms with Crippen LogP contribution in [0.15, 0.2) is 24.3 Å². The molecule has 1 N–H and O–H groups in total. The highest BCUT2D eigenvalue weighted by molar-refractivity contribution is 6.30. The van der Waals surface area contributed by atoms with Crippen molar-refractivity contribution < 1.29 is 24.2 Å². The molecule has 0 aliphatic heterocycles. The van der Waals surface area contributed by atoms with Gasteiger partial charge in [0.1, 0.15) is 5.75 Å². The minimum atomic E-state index is -1.11. The molecule has 0 radical (unpaired) electrons. The molecule has 2 unspecified atom stereocenters. The van der Waals surface area contributed by atoms with E-state index in [1.54, 1.807) is 19.1 Å². The second-order valence-corrected chi connectivity index (χ2v) is 6.49. The second kappa shape index (κ2) is 11.7. The lowest BCUT2D eigenvalue weighted by Crippen LogP contribution is -2.28. The van der Waals surface area contributed by atoms with Crippen molar-refractivity contribution in [3.05, 3.63) is 29.3 Å². The molecule has 0 amide bonds. The predicted molar refractivity (Wildman–Crippen MR) is 97.0 cm³/mol. The fourth-order valence-corrected chi connectivity index (χ4v) is 2.36. The van der Waals surface area contributed by atoms with E-state index in [0.717, 1.165) is 25.0 Å². The monoisotopic (exact) mass is 370 g/mol. The van der Waals surface area contributed by atoms with E-state index >= 15 is 0 Å². The predicted octanol–water partition coefficient (Wildman–Crippen LogP) is 4.71. The maximum absolute atomic E-state index is 11.9. The van der Waals surface area contributed by atoms with E-state index in [4.69, 9.17) is 21.1 Å². The van der Waals surface area contributed by atoms with Crippen LogP contribution in [-0.4, -0.2) is 29.8 Å². The van der Waals surface area contributed by atoms with Crippen LogP contribution in [0.4, 0.5) is 0 Å². The first kappa shape index (κ1) is 21.3. The van der Waals surface area contributed by atoms with Crippen LogP contribution in [0.2, 0.25) is 5.02 Å². The third-order valence-corrected chi connectivity index (χ3v) is 4.20. The molecular formula is C19H27ClO5. The molecule has 1 aromatic rings. The van der Waals surface area contributed by atoms with Gasteiger partial charge in [-0.3, -0.25) is 9.59 Å². The lowest BCUT2D eigenvalue weighted by molar-refractivity contribution is -0.162. The Balaban J connectivity index is 2.18. The summed E-state index contributed by atoms with van der Waals surface area (Å²) in [5, 5.41) is 9.86. The topological polar surface area (TPSA) is 72.8 Å². The minimum Gasteiger partial charge on any atom is -0.494 e. The molecule has 0 saturated carbocycles. The highest BCUT2D eigenvalue weighted by Gasteiger charge is 2.28. The molecule has 0 saturated heterocycles. The normalized spacial score (nSPS) is 13.1. The number of carboxylic acids is 1. The van der Waals surface area contributed by atoms with Crippen molar-refractivity contribution >= 4 is 23.5 Å². The third-order valence-electron chi connectivity index (χ3n) is 3.94. The van der Waals surface area contributed by atoms with E-state index in [1.165, 1.54) is 0 Å². The average Bonchev–Trinajstić information content (AvgIpc) is 2.58. The fourth-order valence-electron chi connectivity index (χ4n) is 2.23. The van der Waals surface area contributed by atoms with Gasteiger partial charge in [0, 0.05) is 5.02 Å². The lowest BCUT2D eigenvalue weighted by Gasteiger charge is -2.15. The summed E-state index contributed by atoms with van der Waals surface area (Å²) in [6.45, 7) is 4.25. The molecule has 5 nitrogen and oxygen atoms in total. The molecule has 1 rings (SSSR count). The largest absolute Gasteiger partial charge is 0.494 e. The van der Waals surface area contributed by atoms with Crippen LogP contribution in [0.1, 0.15) is 52.4 Å². The van der Waals surface area contributed by atoms with E-state index in [2.05, 4.69) is 0 Å². The van der Waals surface area contributed by atoms with Gasteiger partial charge >= 0.3 is 11.9 Å². The summed E-state index contributed by atoms with van der Waals surface area (Å²) in [5.41, 5.74) is 0. The fraction of sp³-hybridized carbons (Fsp3) is 0.579. The van der Waals surface area contributed by atoms with Crippen LogP contribution in [0.25, 0.3) is 0 Å². The molecule has 0 aliphatic carbocycles. The first-order valence-electron chi connectivity index (χ1n) is 8.75. The molecule has 0 heterocycles. The maximum Gasteiger partial charge on any atom is 0.320 e. The standard InChI is InChI=1S/C19H27ClO5/c1-3-14(2)25-19(23)17(18(21)22)8-6-4-5-7-13-24-16-11-9-15(20)10-12-16/h9-12,14,17H,3-8,13H2,1-2H3,(H,21,22). The van der Waals surface area contributed by atoms with Gasteiger partial charge in [-0.2, -0.15) is 0 Å². The summed E-state index contributed by atoms with van der Waals surface area (Å²) in [5.74, 6) is -2.03. The van der Waals surface area contributed by atoms with Crippen LogP contribution in [-0.2, 0) is 14.3 Å². The number of carbonyl (C=O) groups is 2. The molecule has 0 bridgehead atoms. The van der Waals surface area contributed by atoms with Crippen LogP contribution >= 0.6 is 11.6 Å². The first-order valence-corrected chi connectivity index (χ1v) is 9.13. The smallest absolute Gasteiger partial charge is 0.320 e. The van der Waals surface area contributed by atoms with Gasteiger partial charge in [-0.15, -0.1) is 0 Å². The molecule has 25 heavy (non-hydrogen) atoms. The second-order valence-electron chi connectivity index (χ2n) is 6.05. The Hall–Kier alpha value is -1.75. The Labute approximate surface area is 154 Å².